The zero-order valence-corrected chi connectivity index (χ0v) is 10.1. The number of hydrogen-bond donors (Lipinski definition) is 2. The average Bonchev–Trinajstić information content (AvgIpc) is 2.28. The van der Waals surface area contributed by atoms with Crippen LogP contribution in [0.2, 0.25) is 0 Å². The van der Waals surface area contributed by atoms with Crippen LogP contribution in [0.1, 0.15) is 25.8 Å². The second-order valence-electron chi connectivity index (χ2n) is 5.17. The Hall–Kier alpha value is -1.30. The van der Waals surface area contributed by atoms with Crippen molar-refractivity contribution < 1.29 is 18.3 Å². The number of aliphatic hydroxyl groups is 1. The van der Waals surface area contributed by atoms with Crippen molar-refractivity contribution in [3.8, 4) is 0 Å². The minimum Gasteiger partial charge on any atom is -0.392 e. The molecule has 0 aromatic carbocycles. The third kappa shape index (κ3) is 2.16. The van der Waals surface area contributed by atoms with Gasteiger partial charge in [0.05, 0.1) is 11.7 Å². The Balaban J connectivity index is 2.21. The van der Waals surface area contributed by atoms with Crippen molar-refractivity contribution in [1.82, 2.24) is 4.98 Å². The van der Waals surface area contributed by atoms with Crippen molar-refractivity contribution in [3.05, 3.63) is 23.9 Å². The molecule has 3 nitrogen and oxygen atoms in total. The summed E-state index contributed by atoms with van der Waals surface area (Å²) >= 11 is 0. The number of aromatic nitrogens is 1. The van der Waals surface area contributed by atoms with E-state index < -0.39 is 23.3 Å². The van der Waals surface area contributed by atoms with E-state index in [4.69, 9.17) is 0 Å². The van der Waals surface area contributed by atoms with Crippen molar-refractivity contribution >= 4 is 5.82 Å². The van der Waals surface area contributed by atoms with Crippen molar-refractivity contribution in [2.45, 2.75) is 38.6 Å². The Kier molecular flexibility index (Phi) is 3.01. The van der Waals surface area contributed by atoms with E-state index in [0.29, 0.717) is 6.42 Å². The van der Waals surface area contributed by atoms with Gasteiger partial charge in [-0.25, -0.2) is 4.98 Å². The first kappa shape index (κ1) is 13.1. The Bertz CT molecular complexity index is 445. The summed E-state index contributed by atoms with van der Waals surface area (Å²) in [5.41, 5.74) is -1.22. The van der Waals surface area contributed by atoms with Crippen LogP contribution in [-0.2, 0) is 6.18 Å². The lowest BCUT2D eigenvalue weighted by atomic mass is 9.64. The molecule has 1 aromatic rings. The van der Waals surface area contributed by atoms with Gasteiger partial charge in [-0.15, -0.1) is 0 Å². The molecule has 0 bridgehead atoms. The van der Waals surface area contributed by atoms with E-state index in [0.717, 1.165) is 6.07 Å². The number of anilines is 1. The molecule has 2 unspecified atom stereocenters. The lowest BCUT2D eigenvalue weighted by molar-refractivity contribution is -0.137. The standard InChI is InChI=1S/C12H15F3N2O/c1-11(2)8(6-9(11)18)17-10-7(12(13,14)15)4-3-5-16-10/h3-5,8-9,18H,6H2,1-2H3,(H,16,17). The monoisotopic (exact) mass is 260 g/mol. The fourth-order valence-corrected chi connectivity index (χ4v) is 2.06. The predicted molar refractivity (Wildman–Crippen MR) is 61.1 cm³/mol. The van der Waals surface area contributed by atoms with Crippen LogP contribution < -0.4 is 5.32 Å². The highest BCUT2D eigenvalue weighted by Gasteiger charge is 2.48. The molecule has 0 spiro atoms. The van der Waals surface area contributed by atoms with E-state index in [1.165, 1.54) is 12.3 Å². The fraction of sp³-hybridized carbons (Fsp3) is 0.583. The average molecular weight is 260 g/mol. The van der Waals surface area contributed by atoms with Crippen LogP contribution in [0, 0.1) is 5.41 Å². The highest BCUT2D eigenvalue weighted by Crippen LogP contribution is 2.43. The maximum absolute atomic E-state index is 12.8. The highest BCUT2D eigenvalue weighted by molar-refractivity contribution is 5.47. The number of halogens is 3. The van der Waals surface area contributed by atoms with Crippen LogP contribution in [0.3, 0.4) is 0 Å². The van der Waals surface area contributed by atoms with Gasteiger partial charge in [0.15, 0.2) is 0 Å². The molecule has 0 aliphatic heterocycles. The Morgan fingerprint density at radius 2 is 2.11 bits per heavy atom. The van der Waals surface area contributed by atoms with Crippen molar-refractivity contribution in [3.63, 3.8) is 0 Å². The van der Waals surface area contributed by atoms with E-state index in [9.17, 15) is 18.3 Å². The second kappa shape index (κ2) is 4.12. The Morgan fingerprint density at radius 3 is 2.61 bits per heavy atom. The zero-order chi connectivity index (χ0) is 13.6. The van der Waals surface area contributed by atoms with Gasteiger partial charge in [-0.2, -0.15) is 13.2 Å². The van der Waals surface area contributed by atoms with Gasteiger partial charge in [-0.3, -0.25) is 0 Å². The molecular formula is C12H15F3N2O. The summed E-state index contributed by atoms with van der Waals surface area (Å²) in [7, 11) is 0. The molecule has 100 valence electrons. The van der Waals surface area contributed by atoms with E-state index in [1.54, 1.807) is 0 Å². The van der Waals surface area contributed by atoms with E-state index in [1.807, 2.05) is 13.8 Å². The number of hydrogen-bond acceptors (Lipinski definition) is 3. The number of aliphatic hydroxyl groups excluding tert-OH is 1. The van der Waals surface area contributed by atoms with Crippen LogP contribution in [0.25, 0.3) is 0 Å². The second-order valence-corrected chi connectivity index (χ2v) is 5.17. The maximum atomic E-state index is 12.8. The Morgan fingerprint density at radius 1 is 1.44 bits per heavy atom. The van der Waals surface area contributed by atoms with E-state index >= 15 is 0 Å². The van der Waals surface area contributed by atoms with Gasteiger partial charge in [0.1, 0.15) is 5.82 Å². The molecule has 2 N–H and O–H groups in total. The van der Waals surface area contributed by atoms with Crippen LogP contribution in [0.5, 0.6) is 0 Å². The molecule has 2 rings (SSSR count). The minimum atomic E-state index is -4.43. The van der Waals surface area contributed by atoms with Crippen molar-refractivity contribution in [2.24, 2.45) is 5.41 Å². The highest BCUT2D eigenvalue weighted by atomic mass is 19.4. The van der Waals surface area contributed by atoms with Gasteiger partial charge in [-0.05, 0) is 18.6 Å². The van der Waals surface area contributed by atoms with Gasteiger partial charge in [-0.1, -0.05) is 13.8 Å². The third-order valence-corrected chi connectivity index (χ3v) is 3.64. The van der Waals surface area contributed by atoms with Gasteiger partial charge >= 0.3 is 6.18 Å². The summed E-state index contributed by atoms with van der Waals surface area (Å²) in [6, 6.07) is 2.05. The first-order chi connectivity index (χ1) is 8.23. The quantitative estimate of drug-likeness (QED) is 0.859. The summed E-state index contributed by atoms with van der Waals surface area (Å²) < 4.78 is 38.3. The molecular weight excluding hydrogens is 245 g/mol. The number of alkyl halides is 3. The summed E-state index contributed by atoms with van der Waals surface area (Å²) in [6.45, 7) is 3.63. The van der Waals surface area contributed by atoms with Gasteiger partial charge in [0, 0.05) is 17.7 Å². The van der Waals surface area contributed by atoms with Crippen LogP contribution >= 0.6 is 0 Å². The molecule has 1 fully saturated rings. The Labute approximate surface area is 103 Å². The molecule has 1 aliphatic carbocycles. The number of pyridine rings is 1. The smallest absolute Gasteiger partial charge is 0.392 e. The number of nitrogens with zero attached hydrogens (tertiary/aromatic N) is 1. The van der Waals surface area contributed by atoms with Crippen LogP contribution in [0.15, 0.2) is 18.3 Å². The molecule has 18 heavy (non-hydrogen) atoms. The predicted octanol–water partition coefficient (Wildman–Crippen LogP) is 2.67. The summed E-state index contributed by atoms with van der Waals surface area (Å²) in [4.78, 5) is 3.74. The molecule has 1 saturated carbocycles. The molecule has 0 saturated heterocycles. The van der Waals surface area contributed by atoms with Crippen LogP contribution in [-0.4, -0.2) is 22.2 Å². The van der Waals surface area contributed by atoms with E-state index in [2.05, 4.69) is 10.3 Å². The molecule has 6 heteroatoms. The number of nitrogens with one attached hydrogen (secondary N) is 1. The van der Waals surface area contributed by atoms with Crippen LogP contribution in [0.4, 0.5) is 19.0 Å². The fourth-order valence-electron chi connectivity index (χ4n) is 2.06. The van der Waals surface area contributed by atoms with Crippen molar-refractivity contribution in [2.75, 3.05) is 5.32 Å². The molecule has 0 amide bonds. The van der Waals surface area contributed by atoms with Gasteiger partial charge in [0.25, 0.3) is 0 Å². The van der Waals surface area contributed by atoms with Gasteiger partial charge < -0.3 is 10.4 Å². The van der Waals surface area contributed by atoms with Gasteiger partial charge in [0.2, 0.25) is 0 Å². The summed E-state index contributed by atoms with van der Waals surface area (Å²) in [5, 5.41) is 12.4. The molecule has 1 aromatic heterocycles. The molecule has 1 heterocycles. The molecule has 0 radical (unpaired) electrons. The summed E-state index contributed by atoms with van der Waals surface area (Å²) in [6.07, 6.45) is -3.17. The third-order valence-electron chi connectivity index (χ3n) is 3.64. The maximum Gasteiger partial charge on any atom is 0.419 e. The normalized spacial score (nSPS) is 26.6. The lowest BCUT2D eigenvalue weighted by Crippen LogP contribution is -2.57. The first-order valence-electron chi connectivity index (χ1n) is 5.69. The zero-order valence-electron chi connectivity index (χ0n) is 10.1. The first-order valence-corrected chi connectivity index (χ1v) is 5.69. The number of rotatable bonds is 2. The molecule has 2 atom stereocenters. The lowest BCUT2D eigenvalue weighted by Gasteiger charge is -2.49. The largest absolute Gasteiger partial charge is 0.419 e. The van der Waals surface area contributed by atoms with Crippen molar-refractivity contribution in [1.29, 1.82) is 0 Å². The molecule has 1 aliphatic rings. The topological polar surface area (TPSA) is 45.1 Å². The summed E-state index contributed by atoms with van der Waals surface area (Å²) in [5.74, 6) is -0.171. The minimum absolute atomic E-state index is 0.171. The van der Waals surface area contributed by atoms with E-state index in [-0.39, 0.29) is 11.9 Å². The SMILES string of the molecule is CC1(C)C(O)CC1Nc1ncccc1C(F)(F)F.